The minimum absolute atomic E-state index is 0.282. The smallest absolute Gasteiger partial charge is 0.309 e. The van der Waals surface area contributed by atoms with Gasteiger partial charge in [0, 0.05) is 4.47 Å². The molecule has 104 valence electrons. The average molecular weight is 329 g/mol. The fraction of sp³-hybridized carbons (Fsp3) is 0.533. The first-order valence-corrected chi connectivity index (χ1v) is 7.43. The molecule has 1 N–H and O–H groups in total. The van der Waals surface area contributed by atoms with Crippen LogP contribution in [-0.2, 0) is 11.2 Å². The van der Waals surface area contributed by atoms with Crippen LogP contribution >= 0.6 is 15.9 Å². The highest BCUT2D eigenvalue weighted by atomic mass is 79.9. The van der Waals surface area contributed by atoms with Crippen LogP contribution in [0.15, 0.2) is 22.7 Å². The lowest BCUT2D eigenvalue weighted by Gasteiger charge is -2.25. The molecule has 0 spiro atoms. The fourth-order valence-electron chi connectivity index (χ4n) is 3.06. The van der Waals surface area contributed by atoms with E-state index in [-0.39, 0.29) is 12.2 Å². The van der Waals surface area contributed by atoms with E-state index in [9.17, 15) is 14.3 Å². The van der Waals surface area contributed by atoms with Crippen molar-refractivity contribution in [2.45, 2.75) is 39.0 Å². The van der Waals surface area contributed by atoms with Gasteiger partial charge in [-0.3, -0.25) is 4.79 Å². The monoisotopic (exact) mass is 328 g/mol. The van der Waals surface area contributed by atoms with Gasteiger partial charge in [-0.15, -0.1) is 0 Å². The number of carbonyl (C=O) groups is 1. The van der Waals surface area contributed by atoms with Crippen molar-refractivity contribution in [2.75, 3.05) is 0 Å². The number of rotatable bonds is 4. The van der Waals surface area contributed by atoms with Crippen molar-refractivity contribution in [1.29, 1.82) is 0 Å². The fourth-order valence-corrected chi connectivity index (χ4v) is 3.47. The van der Waals surface area contributed by atoms with Gasteiger partial charge in [0.25, 0.3) is 0 Å². The first-order valence-electron chi connectivity index (χ1n) is 6.64. The summed E-state index contributed by atoms with van der Waals surface area (Å²) in [5.74, 6) is -0.655. The van der Waals surface area contributed by atoms with Crippen LogP contribution in [0.5, 0.6) is 0 Å². The number of carboxylic acids is 1. The van der Waals surface area contributed by atoms with E-state index in [1.807, 2.05) is 0 Å². The SMILES string of the molecule is CCC1CCC(Cc2cc(Br)ccc2F)(C(=O)O)C1. The summed E-state index contributed by atoms with van der Waals surface area (Å²) < 4.78 is 14.6. The van der Waals surface area contributed by atoms with Gasteiger partial charge in [-0.1, -0.05) is 29.3 Å². The molecular weight excluding hydrogens is 311 g/mol. The number of hydrogen-bond acceptors (Lipinski definition) is 1. The van der Waals surface area contributed by atoms with Crippen LogP contribution in [0.3, 0.4) is 0 Å². The predicted octanol–water partition coefficient (Wildman–Crippen LogP) is 4.41. The highest BCUT2D eigenvalue weighted by Gasteiger charge is 2.45. The van der Waals surface area contributed by atoms with Crippen molar-refractivity contribution in [2.24, 2.45) is 11.3 Å². The molecule has 2 nitrogen and oxygen atoms in total. The Labute approximate surface area is 121 Å². The Bertz CT molecular complexity index is 489. The molecule has 4 heteroatoms. The Morgan fingerprint density at radius 2 is 2.32 bits per heavy atom. The number of hydrogen-bond donors (Lipinski definition) is 1. The van der Waals surface area contributed by atoms with Gasteiger partial charge in [-0.25, -0.2) is 4.39 Å². The van der Waals surface area contributed by atoms with E-state index >= 15 is 0 Å². The van der Waals surface area contributed by atoms with Gasteiger partial charge in [0.2, 0.25) is 0 Å². The summed E-state index contributed by atoms with van der Waals surface area (Å²) in [5.41, 5.74) is -0.295. The third kappa shape index (κ3) is 2.99. The number of halogens is 2. The lowest BCUT2D eigenvalue weighted by Crippen LogP contribution is -2.31. The van der Waals surface area contributed by atoms with E-state index in [2.05, 4.69) is 22.9 Å². The zero-order valence-corrected chi connectivity index (χ0v) is 12.5. The molecule has 1 aliphatic rings. The lowest BCUT2D eigenvalue weighted by atomic mass is 9.79. The molecule has 0 amide bonds. The molecule has 0 saturated heterocycles. The third-order valence-corrected chi connectivity index (χ3v) is 4.77. The molecule has 1 saturated carbocycles. The van der Waals surface area contributed by atoms with Crippen molar-refractivity contribution in [3.63, 3.8) is 0 Å². The topological polar surface area (TPSA) is 37.3 Å². The maximum absolute atomic E-state index is 13.8. The van der Waals surface area contributed by atoms with Crippen molar-refractivity contribution in [3.05, 3.63) is 34.1 Å². The Kier molecular flexibility index (Phi) is 4.29. The number of benzene rings is 1. The van der Waals surface area contributed by atoms with Gasteiger partial charge in [-0.05, 0) is 55.4 Å². The van der Waals surface area contributed by atoms with E-state index in [1.54, 1.807) is 12.1 Å². The Morgan fingerprint density at radius 1 is 1.58 bits per heavy atom. The van der Waals surface area contributed by atoms with Crippen LogP contribution < -0.4 is 0 Å². The third-order valence-electron chi connectivity index (χ3n) is 4.28. The summed E-state index contributed by atoms with van der Waals surface area (Å²) in [5, 5.41) is 9.56. The van der Waals surface area contributed by atoms with Gasteiger partial charge in [-0.2, -0.15) is 0 Å². The van der Waals surface area contributed by atoms with Crippen molar-refractivity contribution >= 4 is 21.9 Å². The second kappa shape index (κ2) is 5.61. The maximum atomic E-state index is 13.8. The van der Waals surface area contributed by atoms with Crippen LogP contribution in [0.4, 0.5) is 4.39 Å². The molecule has 1 fully saturated rings. The standard InChI is InChI=1S/C15H18BrFO2/c1-2-10-5-6-15(8-10,14(18)19)9-11-7-12(16)3-4-13(11)17/h3-4,7,10H,2,5-6,8-9H2,1H3,(H,18,19). The van der Waals surface area contributed by atoms with Gasteiger partial charge in [0.1, 0.15) is 5.82 Å². The second-order valence-electron chi connectivity index (χ2n) is 5.52. The molecule has 1 aromatic carbocycles. The van der Waals surface area contributed by atoms with Crippen LogP contribution in [0.25, 0.3) is 0 Å². The predicted molar refractivity (Wildman–Crippen MR) is 75.5 cm³/mol. The van der Waals surface area contributed by atoms with E-state index in [1.165, 1.54) is 6.07 Å². The van der Waals surface area contributed by atoms with Crippen LogP contribution in [0, 0.1) is 17.2 Å². The number of aliphatic carboxylic acids is 1. The van der Waals surface area contributed by atoms with Crippen molar-refractivity contribution < 1.29 is 14.3 Å². The molecule has 0 bridgehead atoms. The molecule has 0 aromatic heterocycles. The first-order chi connectivity index (χ1) is 8.97. The van der Waals surface area contributed by atoms with E-state index in [0.717, 1.165) is 17.3 Å². The van der Waals surface area contributed by atoms with Crippen molar-refractivity contribution in [3.8, 4) is 0 Å². The lowest BCUT2D eigenvalue weighted by molar-refractivity contribution is -0.148. The van der Waals surface area contributed by atoms with Gasteiger partial charge in [0.05, 0.1) is 5.41 Å². The largest absolute Gasteiger partial charge is 0.481 e. The maximum Gasteiger partial charge on any atom is 0.309 e. The minimum atomic E-state index is -0.789. The summed E-state index contributed by atoms with van der Waals surface area (Å²) in [6.45, 7) is 2.09. The average Bonchev–Trinajstić information content (AvgIpc) is 2.79. The second-order valence-corrected chi connectivity index (χ2v) is 6.43. The summed E-state index contributed by atoms with van der Waals surface area (Å²) in [4.78, 5) is 11.7. The molecule has 1 aliphatic carbocycles. The van der Waals surface area contributed by atoms with Gasteiger partial charge in [0.15, 0.2) is 0 Å². The highest BCUT2D eigenvalue weighted by Crippen LogP contribution is 2.46. The van der Waals surface area contributed by atoms with Crippen LogP contribution in [0.2, 0.25) is 0 Å². The summed E-state index contributed by atoms with van der Waals surface area (Å²) in [7, 11) is 0. The highest BCUT2D eigenvalue weighted by molar-refractivity contribution is 9.10. The van der Waals surface area contributed by atoms with E-state index in [4.69, 9.17) is 0 Å². The normalized spacial score (nSPS) is 26.6. The van der Waals surface area contributed by atoms with Crippen LogP contribution in [0.1, 0.15) is 38.2 Å². The van der Waals surface area contributed by atoms with Gasteiger partial charge >= 0.3 is 5.97 Å². The molecule has 0 radical (unpaired) electrons. The summed E-state index contributed by atoms with van der Waals surface area (Å²) in [6.07, 6.45) is 3.51. The quantitative estimate of drug-likeness (QED) is 0.888. The zero-order chi connectivity index (χ0) is 14.0. The number of carboxylic acid groups (broad SMARTS) is 1. The summed E-state index contributed by atoms with van der Waals surface area (Å²) >= 11 is 3.31. The molecule has 2 unspecified atom stereocenters. The Hall–Kier alpha value is -0.900. The minimum Gasteiger partial charge on any atom is -0.481 e. The molecule has 0 aliphatic heterocycles. The zero-order valence-electron chi connectivity index (χ0n) is 11.0. The molecule has 2 rings (SSSR count). The molecular formula is C15H18BrFO2. The van der Waals surface area contributed by atoms with E-state index < -0.39 is 11.4 Å². The van der Waals surface area contributed by atoms with E-state index in [0.29, 0.717) is 24.3 Å². The Morgan fingerprint density at radius 3 is 2.89 bits per heavy atom. The van der Waals surface area contributed by atoms with Crippen molar-refractivity contribution in [1.82, 2.24) is 0 Å². The molecule has 19 heavy (non-hydrogen) atoms. The molecule has 1 aromatic rings. The van der Waals surface area contributed by atoms with Crippen LogP contribution in [-0.4, -0.2) is 11.1 Å². The first kappa shape index (κ1) is 14.5. The van der Waals surface area contributed by atoms with Gasteiger partial charge < -0.3 is 5.11 Å². The molecule has 2 atom stereocenters. The Balaban J connectivity index is 2.27. The summed E-state index contributed by atoms with van der Waals surface area (Å²) in [6, 6.07) is 4.72. The molecule has 0 heterocycles.